The van der Waals surface area contributed by atoms with Crippen molar-refractivity contribution in [2.45, 2.75) is 64.6 Å². The molecule has 16 heteroatoms. The van der Waals surface area contributed by atoms with Gasteiger partial charge in [0.1, 0.15) is 11.9 Å². The number of nitrogens with zero attached hydrogens (tertiary/aromatic N) is 5. The third-order valence-electron chi connectivity index (χ3n) is 6.60. The van der Waals surface area contributed by atoms with E-state index in [0.29, 0.717) is 44.6 Å². The summed E-state index contributed by atoms with van der Waals surface area (Å²) in [6, 6.07) is 1.88. The number of hydrogen-bond donors (Lipinski definition) is 4. The molecule has 0 spiro atoms. The number of aryl methyl sites for hydroxylation is 1. The number of likely N-dealkylation sites (N-methyl/N-ethyl adjacent to an activating group) is 1. The van der Waals surface area contributed by atoms with Crippen molar-refractivity contribution in [3.8, 4) is 0 Å². The Kier molecular flexibility index (Phi) is 11.5. The number of aliphatic carboxylic acids is 1. The van der Waals surface area contributed by atoms with E-state index in [1.54, 1.807) is 19.3 Å². The Balaban J connectivity index is 1.42. The number of amides is 3. The zero-order valence-electron chi connectivity index (χ0n) is 23.5. The second kappa shape index (κ2) is 14.8. The van der Waals surface area contributed by atoms with Crippen molar-refractivity contribution in [1.29, 1.82) is 0 Å². The molecule has 1 fully saturated rings. The maximum atomic E-state index is 12.8. The van der Waals surface area contributed by atoms with Crippen LogP contribution in [0.25, 0.3) is 0 Å². The summed E-state index contributed by atoms with van der Waals surface area (Å²) < 4.78 is 31.5. The van der Waals surface area contributed by atoms with Crippen LogP contribution in [0.3, 0.4) is 0 Å². The molecule has 1 atom stereocenters. The number of nitrogens with one attached hydrogen (secondary N) is 3. The van der Waals surface area contributed by atoms with E-state index in [-0.39, 0.29) is 55.0 Å². The van der Waals surface area contributed by atoms with Crippen LogP contribution in [-0.2, 0) is 32.6 Å². The van der Waals surface area contributed by atoms with Crippen molar-refractivity contribution in [2.24, 2.45) is 0 Å². The van der Waals surface area contributed by atoms with Gasteiger partial charge in [0.15, 0.2) is 5.82 Å². The highest BCUT2D eigenvalue weighted by molar-refractivity contribution is 7.89. The smallest absolute Gasteiger partial charge is 0.322 e. The summed E-state index contributed by atoms with van der Waals surface area (Å²) in [7, 11) is -2.18. The molecule has 0 aliphatic carbocycles. The summed E-state index contributed by atoms with van der Waals surface area (Å²) in [6.07, 6.45) is 3.72. The number of carbonyl (C=O) groups is 3. The van der Waals surface area contributed by atoms with Crippen LogP contribution in [0, 0.1) is 6.92 Å². The molecule has 2 aromatic rings. The van der Waals surface area contributed by atoms with Crippen LogP contribution in [0.1, 0.15) is 49.9 Å². The molecule has 1 saturated heterocycles. The van der Waals surface area contributed by atoms with Gasteiger partial charge in [-0.3, -0.25) is 19.8 Å². The number of unbranched alkanes of at least 4 members (excludes halogenated alkanes) is 1. The Morgan fingerprint density at radius 3 is 2.66 bits per heavy atom. The van der Waals surface area contributed by atoms with Crippen LogP contribution in [0.2, 0.25) is 0 Å². The lowest BCUT2D eigenvalue weighted by atomic mass is 10.1. The molecule has 41 heavy (non-hydrogen) atoms. The minimum Gasteiger partial charge on any atom is -0.480 e. The topological polar surface area (TPSA) is 200 Å². The van der Waals surface area contributed by atoms with Gasteiger partial charge in [0.05, 0.1) is 25.3 Å². The van der Waals surface area contributed by atoms with Gasteiger partial charge in [0, 0.05) is 32.4 Å². The first-order valence-corrected chi connectivity index (χ1v) is 15.1. The van der Waals surface area contributed by atoms with Gasteiger partial charge >= 0.3 is 12.0 Å². The van der Waals surface area contributed by atoms with Gasteiger partial charge < -0.3 is 19.8 Å². The highest BCUT2D eigenvalue weighted by atomic mass is 32.2. The number of carboxylic acids is 1. The molecule has 0 bridgehead atoms. The molecule has 2 aromatic heterocycles. The van der Waals surface area contributed by atoms with Crippen molar-refractivity contribution >= 4 is 33.7 Å². The third-order valence-corrected chi connectivity index (χ3v) is 8.07. The van der Waals surface area contributed by atoms with Crippen LogP contribution in [0.5, 0.6) is 0 Å². The zero-order chi connectivity index (χ0) is 30.0. The molecule has 0 radical (unpaired) electrons. The Hall–Kier alpha value is -3.63. The van der Waals surface area contributed by atoms with Gasteiger partial charge in [-0.2, -0.15) is 4.98 Å². The first-order valence-electron chi connectivity index (χ1n) is 13.5. The molecule has 1 aliphatic rings. The highest BCUT2D eigenvalue weighted by Gasteiger charge is 2.27. The van der Waals surface area contributed by atoms with E-state index in [0.717, 1.165) is 5.56 Å². The van der Waals surface area contributed by atoms with E-state index in [9.17, 15) is 27.9 Å². The maximum Gasteiger partial charge on any atom is 0.322 e. The average molecular weight is 595 g/mol. The summed E-state index contributed by atoms with van der Waals surface area (Å²) in [5.74, 6) is -1.07. The van der Waals surface area contributed by atoms with Gasteiger partial charge in [-0.05, 0) is 37.8 Å². The number of carboxylic acid groups (broad SMARTS) is 1. The first-order chi connectivity index (χ1) is 19.5. The van der Waals surface area contributed by atoms with Crippen LogP contribution >= 0.6 is 0 Å². The van der Waals surface area contributed by atoms with Crippen molar-refractivity contribution in [2.75, 3.05) is 37.8 Å². The normalized spacial score (nSPS) is 15.3. The fourth-order valence-electron chi connectivity index (χ4n) is 4.19. The summed E-state index contributed by atoms with van der Waals surface area (Å²) in [5, 5.41) is 18.9. The number of piperidine rings is 1. The van der Waals surface area contributed by atoms with E-state index < -0.39 is 22.0 Å². The van der Waals surface area contributed by atoms with Crippen LogP contribution < -0.4 is 15.4 Å². The molecule has 0 aromatic carbocycles. The number of carbonyl (C=O) groups excluding carboxylic acids is 2. The lowest BCUT2D eigenvalue weighted by molar-refractivity contribution is -0.139. The van der Waals surface area contributed by atoms with Gasteiger partial charge in [0.2, 0.25) is 21.8 Å². The summed E-state index contributed by atoms with van der Waals surface area (Å²) >= 11 is 0. The van der Waals surface area contributed by atoms with E-state index in [1.807, 2.05) is 24.8 Å². The first kappa shape index (κ1) is 31.9. The van der Waals surface area contributed by atoms with E-state index in [2.05, 4.69) is 30.5 Å². The zero-order valence-corrected chi connectivity index (χ0v) is 24.3. The van der Waals surface area contributed by atoms with Crippen molar-refractivity contribution in [3.63, 3.8) is 0 Å². The molecule has 3 rings (SSSR count). The summed E-state index contributed by atoms with van der Waals surface area (Å²) in [4.78, 5) is 48.4. The second-order valence-corrected chi connectivity index (χ2v) is 11.9. The van der Waals surface area contributed by atoms with Gasteiger partial charge in [-0.25, -0.2) is 22.9 Å². The molecule has 15 nitrogen and oxygen atoms in total. The number of anilines is 1. The van der Waals surface area contributed by atoms with Crippen LogP contribution in [0.4, 0.5) is 10.6 Å². The van der Waals surface area contributed by atoms with Crippen molar-refractivity contribution in [3.05, 3.63) is 35.6 Å². The number of hydrogen-bond acceptors (Lipinski definition) is 10. The molecule has 0 saturated carbocycles. The number of rotatable bonds is 14. The number of urea groups is 1. The molecule has 1 unspecified atom stereocenters. The van der Waals surface area contributed by atoms with Crippen molar-refractivity contribution in [1.82, 2.24) is 35.0 Å². The molecule has 226 valence electrons. The average Bonchev–Trinajstić information content (AvgIpc) is 3.36. The molecule has 3 amide bonds. The molecule has 3 heterocycles. The van der Waals surface area contributed by atoms with Crippen LogP contribution in [0.15, 0.2) is 22.9 Å². The Morgan fingerprint density at radius 1 is 1.27 bits per heavy atom. The molecule has 1 aliphatic heterocycles. The lowest BCUT2D eigenvalue weighted by Gasteiger charge is -2.32. The Labute approximate surface area is 239 Å². The third kappa shape index (κ3) is 10.4. The fourth-order valence-corrected chi connectivity index (χ4v) is 5.60. The van der Waals surface area contributed by atoms with Gasteiger partial charge in [-0.1, -0.05) is 24.6 Å². The summed E-state index contributed by atoms with van der Waals surface area (Å²) in [6.45, 7) is 5.17. The minimum atomic E-state index is -3.77. The Bertz CT molecular complexity index is 1290. The van der Waals surface area contributed by atoms with E-state index >= 15 is 0 Å². The molecule has 4 N–H and O–H groups in total. The SMILES string of the molecule is CCCCS(=O)(=O)NC(Cc1nc(CN(C)C(=O)CN2CCC(NC(=O)Nc3ncccc3C)CC2)no1)C(=O)O. The molecular weight excluding hydrogens is 556 g/mol. The Morgan fingerprint density at radius 2 is 2.00 bits per heavy atom. The molecular formula is C25H38N8O7S. The van der Waals surface area contributed by atoms with Crippen molar-refractivity contribution < 1.29 is 32.4 Å². The van der Waals surface area contributed by atoms with E-state index in [1.165, 1.54) is 4.90 Å². The number of sulfonamides is 1. The fraction of sp³-hybridized carbons (Fsp3) is 0.600. The van der Waals surface area contributed by atoms with Gasteiger partial charge in [0.25, 0.3) is 0 Å². The predicted molar refractivity (Wildman–Crippen MR) is 148 cm³/mol. The summed E-state index contributed by atoms with van der Waals surface area (Å²) in [5.41, 5.74) is 0.867. The van der Waals surface area contributed by atoms with Crippen LogP contribution in [-0.4, -0.2) is 101 Å². The second-order valence-electron chi connectivity index (χ2n) is 10.1. The number of likely N-dealkylation sites (tertiary alicyclic amines) is 1. The monoisotopic (exact) mass is 594 g/mol. The van der Waals surface area contributed by atoms with E-state index in [4.69, 9.17) is 4.52 Å². The predicted octanol–water partition coefficient (Wildman–Crippen LogP) is 0.733. The standard InChI is InChI=1S/C25H38N8O7S/c1-4-5-13-41(38,39)31-19(24(35)36)14-21-28-20(30-40-21)15-32(3)22(34)16-33-11-8-18(9-12-33)27-25(37)29-23-17(2)7-6-10-26-23/h6-7,10,18-19,31H,4-5,8-9,11-16H2,1-3H3,(H,35,36)(H2,26,27,29,37). The van der Waals surface area contributed by atoms with Gasteiger partial charge in [-0.15, -0.1) is 0 Å². The quantitative estimate of drug-likeness (QED) is 0.240. The highest BCUT2D eigenvalue weighted by Crippen LogP contribution is 2.13. The lowest BCUT2D eigenvalue weighted by Crippen LogP contribution is -2.48. The number of aromatic nitrogens is 3. The minimum absolute atomic E-state index is 0.0217. The maximum absolute atomic E-state index is 12.8. The number of pyridine rings is 1. The largest absolute Gasteiger partial charge is 0.480 e.